The number of aromatic carboxylic acids is 1. The molecule has 1 aromatic heterocycles. The summed E-state index contributed by atoms with van der Waals surface area (Å²) in [6.07, 6.45) is 3.53. The third-order valence-electron chi connectivity index (χ3n) is 3.63. The molecule has 0 amide bonds. The van der Waals surface area contributed by atoms with Crippen LogP contribution in [0.15, 0.2) is 65.8 Å². The number of carboxylic acids is 1. The minimum absolute atomic E-state index is 0.227. The summed E-state index contributed by atoms with van der Waals surface area (Å²) in [5, 5.41) is 9.72. The molecule has 25 heavy (non-hydrogen) atoms. The SMILES string of the molecule is COc1ccc(Cl)cc1N=Cc1cccn1-c1cccc(C(=O)O)c1. The zero-order chi connectivity index (χ0) is 17.8. The molecule has 1 N–H and O–H groups in total. The van der Waals surface area contributed by atoms with E-state index < -0.39 is 5.97 Å². The highest BCUT2D eigenvalue weighted by Crippen LogP contribution is 2.30. The minimum Gasteiger partial charge on any atom is -0.494 e. The molecule has 0 spiro atoms. The van der Waals surface area contributed by atoms with Crippen molar-refractivity contribution in [1.29, 1.82) is 0 Å². The van der Waals surface area contributed by atoms with Crippen molar-refractivity contribution in [2.24, 2.45) is 4.99 Å². The number of methoxy groups -OCH3 is 1. The molecular weight excluding hydrogens is 340 g/mol. The van der Waals surface area contributed by atoms with Crippen LogP contribution >= 0.6 is 11.6 Å². The van der Waals surface area contributed by atoms with E-state index >= 15 is 0 Å². The molecule has 6 heteroatoms. The van der Waals surface area contributed by atoms with Gasteiger partial charge in [-0.1, -0.05) is 17.7 Å². The second-order valence-electron chi connectivity index (χ2n) is 5.23. The summed E-state index contributed by atoms with van der Waals surface area (Å²) in [5.74, 6) is -0.348. The zero-order valence-corrected chi connectivity index (χ0v) is 14.1. The largest absolute Gasteiger partial charge is 0.494 e. The highest BCUT2D eigenvalue weighted by molar-refractivity contribution is 6.30. The summed E-state index contributed by atoms with van der Waals surface area (Å²) < 4.78 is 7.14. The maximum atomic E-state index is 11.2. The van der Waals surface area contributed by atoms with Gasteiger partial charge in [0.2, 0.25) is 0 Å². The Morgan fingerprint density at radius 1 is 1.20 bits per heavy atom. The summed E-state index contributed by atoms with van der Waals surface area (Å²) in [7, 11) is 1.57. The normalized spacial score (nSPS) is 11.0. The monoisotopic (exact) mass is 354 g/mol. The van der Waals surface area contributed by atoms with Crippen LogP contribution in [0, 0.1) is 0 Å². The lowest BCUT2D eigenvalue weighted by molar-refractivity contribution is 0.0697. The summed E-state index contributed by atoms with van der Waals surface area (Å²) in [4.78, 5) is 15.6. The Hall–Kier alpha value is -3.05. The number of hydrogen-bond donors (Lipinski definition) is 1. The molecule has 0 aliphatic heterocycles. The number of halogens is 1. The molecule has 3 rings (SSSR count). The average molecular weight is 355 g/mol. The molecule has 0 unspecified atom stereocenters. The van der Waals surface area contributed by atoms with Crippen molar-refractivity contribution in [1.82, 2.24) is 4.57 Å². The molecule has 0 atom stereocenters. The lowest BCUT2D eigenvalue weighted by Crippen LogP contribution is -2.01. The lowest BCUT2D eigenvalue weighted by Gasteiger charge is -2.08. The van der Waals surface area contributed by atoms with Gasteiger partial charge in [0.05, 0.1) is 24.6 Å². The van der Waals surface area contributed by atoms with Crippen molar-refractivity contribution in [3.05, 3.63) is 77.1 Å². The molecule has 5 nitrogen and oxygen atoms in total. The Bertz CT molecular complexity index is 947. The molecule has 0 fully saturated rings. The summed E-state index contributed by atoms with van der Waals surface area (Å²) in [6.45, 7) is 0. The van der Waals surface area contributed by atoms with E-state index in [9.17, 15) is 4.79 Å². The van der Waals surface area contributed by atoms with E-state index in [4.69, 9.17) is 21.4 Å². The number of carbonyl (C=O) groups is 1. The third kappa shape index (κ3) is 3.72. The number of carboxylic acid groups (broad SMARTS) is 1. The standard InChI is InChI=1S/C19H15ClN2O3/c1-25-18-8-7-14(20)11-17(18)21-12-16-6-3-9-22(16)15-5-2-4-13(10-15)19(23)24/h2-12H,1H3,(H,23,24). The van der Waals surface area contributed by atoms with E-state index in [-0.39, 0.29) is 5.56 Å². The Morgan fingerprint density at radius 3 is 2.80 bits per heavy atom. The maximum Gasteiger partial charge on any atom is 0.335 e. The number of nitrogens with zero attached hydrogens (tertiary/aromatic N) is 2. The van der Waals surface area contributed by atoms with Crippen LogP contribution in [0.3, 0.4) is 0 Å². The number of hydrogen-bond acceptors (Lipinski definition) is 3. The molecule has 0 saturated heterocycles. The molecule has 2 aromatic carbocycles. The summed E-state index contributed by atoms with van der Waals surface area (Å²) in [5.41, 5.74) is 2.38. The average Bonchev–Trinajstić information content (AvgIpc) is 3.08. The van der Waals surface area contributed by atoms with Crippen molar-refractivity contribution < 1.29 is 14.6 Å². The van der Waals surface area contributed by atoms with E-state index in [2.05, 4.69) is 4.99 Å². The highest BCUT2D eigenvalue weighted by atomic mass is 35.5. The Labute approximate surface area is 149 Å². The summed E-state index contributed by atoms with van der Waals surface area (Å²) >= 11 is 6.02. The van der Waals surface area contributed by atoms with Gasteiger partial charge in [0.15, 0.2) is 0 Å². The van der Waals surface area contributed by atoms with Crippen molar-refractivity contribution in [2.45, 2.75) is 0 Å². The maximum absolute atomic E-state index is 11.2. The first-order valence-electron chi connectivity index (χ1n) is 7.47. The van der Waals surface area contributed by atoms with Crippen LogP contribution in [0.4, 0.5) is 5.69 Å². The van der Waals surface area contributed by atoms with Gasteiger partial charge in [-0.25, -0.2) is 4.79 Å². The fraction of sp³-hybridized carbons (Fsp3) is 0.0526. The van der Waals surface area contributed by atoms with Gasteiger partial charge in [0.1, 0.15) is 11.4 Å². The molecule has 0 radical (unpaired) electrons. The van der Waals surface area contributed by atoms with Crippen molar-refractivity contribution in [2.75, 3.05) is 7.11 Å². The Morgan fingerprint density at radius 2 is 2.04 bits per heavy atom. The van der Waals surface area contributed by atoms with Gasteiger partial charge in [-0.15, -0.1) is 0 Å². The Balaban J connectivity index is 1.97. The van der Waals surface area contributed by atoms with Gasteiger partial charge in [-0.2, -0.15) is 0 Å². The van der Waals surface area contributed by atoms with Crippen LogP contribution in [0.25, 0.3) is 5.69 Å². The first-order chi connectivity index (χ1) is 12.1. The van der Waals surface area contributed by atoms with Crippen LogP contribution < -0.4 is 4.74 Å². The fourth-order valence-electron chi connectivity index (χ4n) is 2.42. The smallest absolute Gasteiger partial charge is 0.335 e. The molecule has 0 saturated carbocycles. The number of rotatable bonds is 5. The van der Waals surface area contributed by atoms with Crippen LogP contribution in [-0.2, 0) is 0 Å². The van der Waals surface area contributed by atoms with Crippen LogP contribution in [0.2, 0.25) is 5.02 Å². The fourth-order valence-corrected chi connectivity index (χ4v) is 2.59. The predicted octanol–water partition coefficient (Wildman–Crippen LogP) is 4.59. The number of aliphatic imine (C=N–C) groups is 1. The molecular formula is C19H15ClN2O3. The van der Waals surface area contributed by atoms with Gasteiger partial charge in [0, 0.05) is 16.9 Å². The number of ether oxygens (including phenoxy) is 1. The highest BCUT2D eigenvalue weighted by Gasteiger charge is 2.07. The second kappa shape index (κ2) is 7.23. The van der Waals surface area contributed by atoms with Crippen LogP contribution in [-0.4, -0.2) is 29.0 Å². The van der Waals surface area contributed by atoms with Gasteiger partial charge in [-0.05, 0) is 48.5 Å². The number of aromatic nitrogens is 1. The minimum atomic E-state index is -0.965. The lowest BCUT2D eigenvalue weighted by atomic mass is 10.2. The quantitative estimate of drug-likeness (QED) is 0.681. The number of benzene rings is 2. The first kappa shape index (κ1) is 16.8. The van der Waals surface area contributed by atoms with E-state index in [0.717, 1.165) is 11.4 Å². The zero-order valence-electron chi connectivity index (χ0n) is 13.4. The molecule has 0 aliphatic rings. The van der Waals surface area contributed by atoms with E-state index in [1.165, 1.54) is 0 Å². The van der Waals surface area contributed by atoms with Gasteiger partial charge in [-0.3, -0.25) is 4.99 Å². The van der Waals surface area contributed by atoms with Crippen molar-refractivity contribution in [3.63, 3.8) is 0 Å². The molecule has 0 aliphatic carbocycles. The molecule has 0 bridgehead atoms. The predicted molar refractivity (Wildman–Crippen MR) is 98.0 cm³/mol. The van der Waals surface area contributed by atoms with E-state index in [1.54, 1.807) is 49.7 Å². The topological polar surface area (TPSA) is 63.8 Å². The second-order valence-corrected chi connectivity index (χ2v) is 5.67. The van der Waals surface area contributed by atoms with Gasteiger partial charge < -0.3 is 14.4 Å². The van der Waals surface area contributed by atoms with Crippen LogP contribution in [0.1, 0.15) is 16.1 Å². The summed E-state index contributed by atoms with van der Waals surface area (Å²) in [6, 6.07) is 15.7. The van der Waals surface area contributed by atoms with E-state index in [1.807, 2.05) is 29.0 Å². The first-order valence-corrected chi connectivity index (χ1v) is 7.85. The molecule has 3 aromatic rings. The van der Waals surface area contributed by atoms with Gasteiger partial charge in [0.25, 0.3) is 0 Å². The molecule has 126 valence electrons. The van der Waals surface area contributed by atoms with Gasteiger partial charge >= 0.3 is 5.97 Å². The van der Waals surface area contributed by atoms with Crippen molar-refractivity contribution in [3.8, 4) is 11.4 Å². The molecule has 1 heterocycles. The van der Waals surface area contributed by atoms with Crippen molar-refractivity contribution >= 4 is 29.5 Å². The van der Waals surface area contributed by atoms with Crippen LogP contribution in [0.5, 0.6) is 5.75 Å². The third-order valence-corrected chi connectivity index (χ3v) is 3.86. The Kier molecular flexibility index (Phi) is 4.86. The van der Waals surface area contributed by atoms with E-state index in [0.29, 0.717) is 16.5 Å².